The minimum atomic E-state index is -0.508. The number of thioether (sulfide) groups is 1. The van der Waals surface area contributed by atoms with Crippen molar-refractivity contribution in [1.29, 1.82) is 0 Å². The maximum Gasteiger partial charge on any atom is 0.0931 e. The van der Waals surface area contributed by atoms with Gasteiger partial charge >= 0.3 is 0 Å². The summed E-state index contributed by atoms with van der Waals surface area (Å²) in [5.41, 5.74) is 0.691. The van der Waals surface area contributed by atoms with E-state index in [1.807, 2.05) is 12.1 Å². The second kappa shape index (κ2) is 6.01. The van der Waals surface area contributed by atoms with Crippen molar-refractivity contribution in [3.05, 3.63) is 24.0 Å². The van der Waals surface area contributed by atoms with Crippen LogP contribution in [0.1, 0.15) is 25.1 Å². The predicted molar refractivity (Wildman–Crippen MR) is 57.3 cm³/mol. The molecule has 1 aromatic heterocycles. The van der Waals surface area contributed by atoms with Gasteiger partial charge in [-0.2, -0.15) is 0 Å². The summed E-state index contributed by atoms with van der Waals surface area (Å²) >= 11 is 1.66. The Morgan fingerprint density at radius 2 is 2.29 bits per heavy atom. The van der Waals surface area contributed by atoms with Crippen LogP contribution < -0.4 is 0 Å². The van der Waals surface area contributed by atoms with Gasteiger partial charge in [-0.15, -0.1) is 11.8 Å². The zero-order valence-electron chi connectivity index (χ0n) is 8.18. The fourth-order valence-electron chi connectivity index (χ4n) is 0.979. The first-order valence-electron chi connectivity index (χ1n) is 4.61. The lowest BCUT2D eigenvalue weighted by molar-refractivity contribution is 0.194. The number of pyridine rings is 1. The van der Waals surface area contributed by atoms with Gasteiger partial charge in [-0.05, 0) is 25.5 Å². The number of rotatable bonds is 5. The molecule has 0 radical (unpaired) electrons. The van der Waals surface area contributed by atoms with Crippen LogP contribution in [0.2, 0.25) is 0 Å². The molecule has 0 bridgehead atoms. The number of aliphatic hydroxyl groups excluding tert-OH is 2. The minimum absolute atomic E-state index is 0.228. The third-order valence-corrected chi connectivity index (χ3v) is 2.83. The van der Waals surface area contributed by atoms with Gasteiger partial charge in [-0.1, -0.05) is 0 Å². The summed E-state index contributed by atoms with van der Waals surface area (Å²) in [6.45, 7) is 1.92. The molecule has 1 rings (SSSR count). The Hall–Kier alpha value is -0.580. The fraction of sp³-hybridized carbons (Fsp3) is 0.500. The summed E-state index contributed by atoms with van der Waals surface area (Å²) in [6, 6.07) is 3.77. The summed E-state index contributed by atoms with van der Waals surface area (Å²) in [4.78, 5) is 5.20. The smallest absolute Gasteiger partial charge is 0.0931 e. The molecule has 0 saturated heterocycles. The molecule has 1 heterocycles. The normalized spacial score (nSPS) is 12.8. The maximum atomic E-state index is 9.23. The molecule has 1 atom stereocenters. The van der Waals surface area contributed by atoms with Crippen LogP contribution in [0.15, 0.2) is 23.2 Å². The molecule has 0 saturated carbocycles. The molecule has 0 unspecified atom stereocenters. The summed E-state index contributed by atoms with van der Waals surface area (Å²) in [5, 5.41) is 17.8. The number of aromatic nitrogens is 1. The molecular formula is C10H15NO2S. The van der Waals surface area contributed by atoms with E-state index < -0.39 is 6.10 Å². The molecule has 2 N–H and O–H groups in total. The highest BCUT2D eigenvalue weighted by molar-refractivity contribution is 7.99. The molecule has 0 fully saturated rings. The lowest BCUT2D eigenvalue weighted by atomic mass is 10.2. The van der Waals surface area contributed by atoms with Gasteiger partial charge < -0.3 is 10.2 Å². The van der Waals surface area contributed by atoms with Gasteiger partial charge in [0.2, 0.25) is 0 Å². The molecular weight excluding hydrogens is 198 g/mol. The van der Waals surface area contributed by atoms with Crippen molar-refractivity contribution >= 4 is 11.8 Å². The summed E-state index contributed by atoms with van der Waals surface area (Å²) in [6.07, 6.45) is 2.04. The van der Waals surface area contributed by atoms with Gasteiger partial charge in [-0.25, -0.2) is 0 Å². The molecule has 0 spiro atoms. The van der Waals surface area contributed by atoms with Crippen molar-refractivity contribution in [2.24, 2.45) is 0 Å². The maximum absolute atomic E-state index is 9.23. The van der Waals surface area contributed by atoms with Crippen molar-refractivity contribution in [3.8, 4) is 0 Å². The number of hydrogen-bond acceptors (Lipinski definition) is 4. The van der Waals surface area contributed by atoms with Gasteiger partial charge in [0.25, 0.3) is 0 Å². The van der Waals surface area contributed by atoms with Crippen molar-refractivity contribution in [2.75, 3.05) is 12.4 Å². The average molecular weight is 213 g/mol. The molecule has 0 aliphatic heterocycles. The Labute approximate surface area is 88.2 Å². The number of nitrogens with zero attached hydrogens (tertiary/aromatic N) is 1. The predicted octanol–water partition coefficient (Wildman–Crippen LogP) is 1.61. The van der Waals surface area contributed by atoms with Crippen molar-refractivity contribution in [1.82, 2.24) is 4.98 Å². The van der Waals surface area contributed by atoms with Crippen LogP contribution in [-0.2, 0) is 0 Å². The molecule has 78 valence electrons. The van der Waals surface area contributed by atoms with E-state index in [4.69, 9.17) is 5.11 Å². The van der Waals surface area contributed by atoms with E-state index >= 15 is 0 Å². The summed E-state index contributed by atoms with van der Waals surface area (Å²) < 4.78 is 0. The Balaban J connectivity index is 2.47. The van der Waals surface area contributed by atoms with Crippen LogP contribution in [0.25, 0.3) is 0 Å². The zero-order valence-corrected chi connectivity index (χ0v) is 9.00. The highest BCUT2D eigenvalue weighted by atomic mass is 32.2. The molecule has 3 nitrogen and oxygen atoms in total. The third-order valence-electron chi connectivity index (χ3n) is 1.76. The highest BCUT2D eigenvalue weighted by Crippen LogP contribution is 2.19. The number of hydrogen-bond donors (Lipinski definition) is 2. The van der Waals surface area contributed by atoms with E-state index in [1.165, 1.54) is 0 Å². The van der Waals surface area contributed by atoms with Crippen LogP contribution in [0, 0.1) is 0 Å². The Morgan fingerprint density at radius 1 is 1.50 bits per heavy atom. The van der Waals surface area contributed by atoms with Crippen molar-refractivity contribution in [2.45, 2.75) is 24.3 Å². The summed E-state index contributed by atoms with van der Waals surface area (Å²) in [7, 11) is 0. The first-order chi connectivity index (χ1) is 6.74. The number of aliphatic hydroxyl groups is 2. The van der Waals surface area contributed by atoms with Crippen molar-refractivity contribution in [3.63, 3.8) is 0 Å². The van der Waals surface area contributed by atoms with E-state index in [-0.39, 0.29) is 6.61 Å². The molecule has 0 aliphatic rings. The van der Waals surface area contributed by atoms with E-state index in [1.54, 1.807) is 24.9 Å². The molecule has 14 heavy (non-hydrogen) atoms. The highest BCUT2D eigenvalue weighted by Gasteiger charge is 2.01. The largest absolute Gasteiger partial charge is 0.396 e. The second-order valence-corrected chi connectivity index (χ2v) is 4.19. The molecule has 1 aromatic rings. The SMILES string of the molecule is C[C@@H](O)c1ccc(SCCCO)cn1. The van der Waals surface area contributed by atoms with Crippen molar-refractivity contribution < 1.29 is 10.2 Å². The molecule has 0 amide bonds. The molecule has 0 aromatic carbocycles. The quantitative estimate of drug-likeness (QED) is 0.576. The van der Waals surface area contributed by atoms with E-state index in [0.29, 0.717) is 5.69 Å². The first-order valence-corrected chi connectivity index (χ1v) is 5.60. The van der Waals surface area contributed by atoms with Crippen LogP contribution in [0.4, 0.5) is 0 Å². The van der Waals surface area contributed by atoms with Crippen LogP contribution in [-0.4, -0.2) is 27.6 Å². The van der Waals surface area contributed by atoms with Gasteiger partial charge in [0.1, 0.15) is 0 Å². The Kier molecular flexibility index (Phi) is 4.93. The van der Waals surface area contributed by atoms with Crippen LogP contribution >= 0.6 is 11.8 Å². The van der Waals surface area contributed by atoms with Gasteiger partial charge in [-0.3, -0.25) is 4.98 Å². The average Bonchev–Trinajstić information content (AvgIpc) is 2.19. The zero-order chi connectivity index (χ0) is 10.4. The lowest BCUT2D eigenvalue weighted by Crippen LogP contribution is -1.94. The Bertz CT molecular complexity index is 261. The van der Waals surface area contributed by atoms with E-state index in [0.717, 1.165) is 17.1 Å². The van der Waals surface area contributed by atoms with Gasteiger partial charge in [0, 0.05) is 23.5 Å². The van der Waals surface area contributed by atoms with Crippen LogP contribution in [0.3, 0.4) is 0 Å². The van der Waals surface area contributed by atoms with Crippen LogP contribution in [0.5, 0.6) is 0 Å². The third kappa shape index (κ3) is 3.65. The summed E-state index contributed by atoms with van der Waals surface area (Å²) in [5.74, 6) is 0.895. The second-order valence-electron chi connectivity index (χ2n) is 3.02. The first kappa shape index (κ1) is 11.5. The monoisotopic (exact) mass is 213 g/mol. The van der Waals surface area contributed by atoms with E-state index in [9.17, 15) is 5.11 Å². The standard InChI is InChI=1S/C10H15NO2S/c1-8(13)10-4-3-9(7-11-10)14-6-2-5-12/h3-4,7-8,12-13H,2,5-6H2,1H3/t8-/m1/s1. The van der Waals surface area contributed by atoms with E-state index in [2.05, 4.69) is 4.98 Å². The fourth-order valence-corrected chi connectivity index (χ4v) is 1.78. The topological polar surface area (TPSA) is 53.4 Å². The van der Waals surface area contributed by atoms with Gasteiger partial charge in [0.15, 0.2) is 0 Å². The lowest BCUT2D eigenvalue weighted by Gasteiger charge is -2.04. The minimum Gasteiger partial charge on any atom is -0.396 e. The molecule has 4 heteroatoms. The van der Waals surface area contributed by atoms with Gasteiger partial charge in [0.05, 0.1) is 11.8 Å². The molecule has 0 aliphatic carbocycles. The Morgan fingerprint density at radius 3 is 2.79 bits per heavy atom.